The van der Waals surface area contributed by atoms with Gasteiger partial charge < -0.3 is 47.4 Å². The molecule has 0 heterocycles. The highest BCUT2D eigenvalue weighted by Crippen LogP contribution is 2.72. The van der Waals surface area contributed by atoms with E-state index in [2.05, 4.69) is 96.9 Å². The van der Waals surface area contributed by atoms with E-state index in [-0.39, 0.29) is 147 Å². The van der Waals surface area contributed by atoms with E-state index >= 15 is 0 Å². The highest BCUT2D eigenvalue weighted by molar-refractivity contribution is 5.77. The minimum atomic E-state index is -0.469. The molecular weight excluding hydrogens is 1430 g/mol. The van der Waals surface area contributed by atoms with Gasteiger partial charge in [-0.2, -0.15) is 0 Å². The summed E-state index contributed by atoms with van der Waals surface area (Å²) in [6.07, 6.45) is 30.2. The highest BCUT2D eigenvalue weighted by Gasteiger charge is 2.69. The van der Waals surface area contributed by atoms with E-state index in [0.717, 1.165) is 86.4 Å². The second kappa shape index (κ2) is 33.5. The molecule has 0 saturated heterocycles. The van der Waals surface area contributed by atoms with Crippen molar-refractivity contribution in [2.24, 2.45) is 160 Å². The van der Waals surface area contributed by atoms with Crippen LogP contribution in [0.3, 0.4) is 0 Å². The molecule has 16 nitrogen and oxygen atoms in total. The minimum absolute atomic E-state index is 0.0296. The van der Waals surface area contributed by atoms with Crippen molar-refractivity contribution in [1.29, 1.82) is 0 Å². The number of carbonyl (C=O) groups excluding carboxylic acids is 6. The van der Waals surface area contributed by atoms with E-state index in [9.17, 15) is 28.8 Å². The molecule has 16 bridgehead atoms. The number of carbonyl (C=O) groups is 6. The first-order chi connectivity index (χ1) is 52.8. The van der Waals surface area contributed by atoms with Crippen molar-refractivity contribution in [3.8, 4) is 0 Å². The number of esters is 6. The first kappa shape index (κ1) is 91.4. The van der Waals surface area contributed by atoms with Gasteiger partial charge in [0.1, 0.15) is 11.7 Å². The Morgan fingerprint density at radius 3 is 1.18 bits per heavy atom. The maximum absolute atomic E-state index is 13.7. The van der Waals surface area contributed by atoms with Gasteiger partial charge in [0.25, 0.3) is 0 Å². The number of hydrogen-bond donors (Lipinski definition) is 0. The molecule has 0 N–H and O–H groups in total. The van der Waals surface area contributed by atoms with Crippen molar-refractivity contribution in [2.45, 2.75) is 410 Å². The fraction of sp³-hybridized carbons (Fsp3) is 0.939. The molecule has 24 unspecified atom stereocenters. The standard InChI is InChI=1S/C30H44O4.C18H32O3.2C17H30O3.C16H28O3/c1-5-29(2,3)28(32)33-24-14-18-13-23(24)26-21-11-17(25(18)26)12-22(21)27(31)34-30(4)19-7-15-6-16(9-19)10-20(30)8-15;1-8-16(3,4)15(19)21-12(2)20-14-17(5,6)13-9-10-18(14,7)11-13;1-7-15(2,3)14(18)20-11-19-13-16(4,5)12-8-9-17(13,6)10-12;1-7-11(2)14(18)19-12(3)20-15-16(4,5)13-8-9-17(15,6)10-13;1-6-11(2)13(17)18-10-19-14-15(3,4)12-7-8-16(14,5)9-12/h15-26H,5-14H2,1-4H3;12-14H,8-11H2,1-7H3;12-13H,7-11H2,1-6H3;11-13,15H,7-10H2,1-6H3;11-12,14H,6-10H2,1-5H3. The summed E-state index contributed by atoms with van der Waals surface area (Å²) in [5.74, 6) is 9.10. The molecule has 16 fully saturated rings. The monoisotopic (exact) mass is 1600 g/mol. The van der Waals surface area contributed by atoms with Crippen LogP contribution >= 0.6 is 0 Å². The molecule has 16 aliphatic carbocycles. The van der Waals surface area contributed by atoms with Crippen molar-refractivity contribution in [3.05, 3.63) is 0 Å². The van der Waals surface area contributed by atoms with Crippen molar-refractivity contribution < 1.29 is 76.1 Å². The molecule has 652 valence electrons. The van der Waals surface area contributed by atoms with Gasteiger partial charge in [0.2, 0.25) is 0 Å². The van der Waals surface area contributed by atoms with Gasteiger partial charge in [0, 0.05) is 0 Å². The topological polar surface area (TPSA) is 195 Å². The maximum Gasteiger partial charge on any atom is 0.313 e. The van der Waals surface area contributed by atoms with E-state index in [1.807, 2.05) is 96.9 Å². The lowest BCUT2D eigenvalue weighted by Gasteiger charge is -2.59. The summed E-state index contributed by atoms with van der Waals surface area (Å²) in [5, 5.41) is 0. The smallest absolute Gasteiger partial charge is 0.313 e. The van der Waals surface area contributed by atoms with Crippen LogP contribution in [0.1, 0.15) is 361 Å². The molecule has 0 aromatic heterocycles. The first-order valence-corrected chi connectivity index (χ1v) is 46.6. The summed E-state index contributed by atoms with van der Waals surface area (Å²) in [6.45, 7) is 59.4. The molecule has 0 aliphatic heterocycles. The first-order valence-electron chi connectivity index (χ1n) is 46.6. The molecule has 0 amide bonds. The van der Waals surface area contributed by atoms with Gasteiger partial charge in [0.15, 0.2) is 26.2 Å². The second-order valence-electron chi connectivity index (χ2n) is 46.6. The number of ether oxygens (including phenoxy) is 10. The van der Waals surface area contributed by atoms with Crippen LogP contribution in [0.15, 0.2) is 0 Å². The summed E-state index contributed by atoms with van der Waals surface area (Å²) in [5.41, 5.74) is 0.315. The highest BCUT2D eigenvalue weighted by atomic mass is 16.7. The van der Waals surface area contributed by atoms with Gasteiger partial charge in [-0.25, -0.2) is 0 Å². The third kappa shape index (κ3) is 17.4. The predicted octanol–water partition coefficient (Wildman–Crippen LogP) is 22.6. The Hall–Kier alpha value is -3.34. The molecule has 0 spiro atoms. The van der Waals surface area contributed by atoms with Crippen LogP contribution in [0.2, 0.25) is 0 Å². The van der Waals surface area contributed by atoms with Gasteiger partial charge in [-0.1, -0.05) is 132 Å². The Labute approximate surface area is 691 Å². The lowest BCUT2D eigenvalue weighted by atomic mass is 9.50. The van der Waals surface area contributed by atoms with Crippen LogP contribution < -0.4 is 0 Å². The van der Waals surface area contributed by atoms with Crippen molar-refractivity contribution in [3.63, 3.8) is 0 Å². The third-order valence-electron chi connectivity index (χ3n) is 36.4. The zero-order valence-corrected chi connectivity index (χ0v) is 77.2. The Kier molecular flexibility index (Phi) is 26.8. The van der Waals surface area contributed by atoms with Gasteiger partial charge in [-0.3, -0.25) is 28.8 Å². The van der Waals surface area contributed by atoms with Gasteiger partial charge in [0.05, 0.1) is 58.4 Å². The third-order valence-corrected chi connectivity index (χ3v) is 36.4. The molecule has 114 heavy (non-hydrogen) atoms. The summed E-state index contributed by atoms with van der Waals surface area (Å²) in [7, 11) is 0. The van der Waals surface area contributed by atoms with Gasteiger partial charge in [-0.05, 0) is 355 Å². The number of hydrogen-bond acceptors (Lipinski definition) is 16. The molecule has 24 atom stereocenters. The molecule has 16 aliphatic rings. The second-order valence-corrected chi connectivity index (χ2v) is 46.6. The van der Waals surface area contributed by atoms with Gasteiger partial charge >= 0.3 is 35.8 Å². The number of fused-ring (bicyclic) bond motifs is 17. The van der Waals surface area contributed by atoms with Crippen molar-refractivity contribution in [2.75, 3.05) is 13.6 Å². The van der Waals surface area contributed by atoms with E-state index in [1.165, 1.54) is 122 Å². The fourth-order valence-electron chi connectivity index (χ4n) is 27.8. The largest absolute Gasteiger partial charge is 0.462 e. The van der Waals surface area contributed by atoms with E-state index in [1.54, 1.807) is 0 Å². The Bertz CT molecular complexity index is 3350. The average Bonchev–Trinajstić information content (AvgIpc) is 1.52. The predicted molar refractivity (Wildman–Crippen MR) is 445 cm³/mol. The lowest BCUT2D eigenvalue weighted by molar-refractivity contribution is -0.219. The fourth-order valence-corrected chi connectivity index (χ4v) is 27.8. The Balaban J connectivity index is 0.000000144. The van der Waals surface area contributed by atoms with E-state index < -0.39 is 28.8 Å². The van der Waals surface area contributed by atoms with Crippen LogP contribution in [-0.4, -0.2) is 98.1 Å². The summed E-state index contributed by atoms with van der Waals surface area (Å²) >= 11 is 0. The van der Waals surface area contributed by atoms with Gasteiger partial charge in [-0.15, -0.1) is 0 Å². The van der Waals surface area contributed by atoms with E-state index in [0.29, 0.717) is 41.4 Å². The molecular formula is C98H164O16. The Morgan fingerprint density at radius 2 is 0.772 bits per heavy atom. The summed E-state index contributed by atoms with van der Waals surface area (Å²) in [6, 6.07) is 0. The van der Waals surface area contributed by atoms with Crippen molar-refractivity contribution in [1.82, 2.24) is 0 Å². The SMILES string of the molecule is CCC(C)(C)C(=O)OC(C)OC1C2(C)CCC(C2)C1(C)C.CCC(C)(C)C(=O)OC1CC2CC1C1C3CC(CC3C(=O)OC3(C)C4CC5CC(C4)CC3C5)C21.CCC(C)(C)C(=O)OCOC1C2(C)CCC(C2)C1(C)C.CCC(C)C(=O)OC(C)OC1C2(C)CCC(C2)C1(C)C.CCC(C)C(=O)OCOC1C2(C)CCC(C2)C1(C)C. The van der Waals surface area contributed by atoms with E-state index in [4.69, 9.17) is 47.4 Å². The van der Waals surface area contributed by atoms with Crippen LogP contribution in [0, 0.1) is 160 Å². The molecule has 0 radical (unpaired) electrons. The molecule has 16 heteroatoms. The Morgan fingerprint density at radius 1 is 0.395 bits per heavy atom. The van der Waals surface area contributed by atoms with Crippen LogP contribution in [0.25, 0.3) is 0 Å². The lowest BCUT2D eigenvalue weighted by Crippen LogP contribution is -2.58. The van der Waals surface area contributed by atoms with Crippen LogP contribution in [0.5, 0.6) is 0 Å². The minimum Gasteiger partial charge on any atom is -0.462 e. The maximum atomic E-state index is 13.7. The summed E-state index contributed by atoms with van der Waals surface area (Å²) < 4.78 is 58.8. The number of rotatable bonds is 25. The van der Waals surface area contributed by atoms with Crippen molar-refractivity contribution >= 4 is 35.8 Å². The molecule has 0 aromatic carbocycles. The molecule has 0 aromatic rings. The molecule has 16 saturated carbocycles. The summed E-state index contributed by atoms with van der Waals surface area (Å²) in [4.78, 5) is 74.2. The zero-order chi connectivity index (χ0) is 84.2. The average molecular weight is 1600 g/mol. The zero-order valence-electron chi connectivity index (χ0n) is 77.2. The normalized spacial score (nSPS) is 41.7. The molecule has 16 rings (SSSR count). The quantitative estimate of drug-likeness (QED) is 0.0362. The van der Waals surface area contributed by atoms with Crippen LogP contribution in [-0.2, 0) is 76.1 Å². The van der Waals surface area contributed by atoms with Crippen LogP contribution in [0.4, 0.5) is 0 Å².